The highest BCUT2D eigenvalue weighted by molar-refractivity contribution is 6.73. The van der Waals surface area contributed by atoms with E-state index in [1.165, 1.54) is 18.1 Å². The molecule has 1 atom stereocenters. The Hall–Kier alpha value is -0.613. The third kappa shape index (κ3) is 3.45. The van der Waals surface area contributed by atoms with Crippen molar-refractivity contribution >= 4 is 8.32 Å². The predicted octanol–water partition coefficient (Wildman–Crippen LogP) is 3.36. The van der Waals surface area contributed by atoms with Crippen molar-refractivity contribution in [1.29, 1.82) is 0 Å². The highest BCUT2D eigenvalue weighted by atomic mass is 28.4. The molecular formula is C12H24N2OSi. The van der Waals surface area contributed by atoms with Gasteiger partial charge in [0.15, 0.2) is 8.32 Å². The minimum atomic E-state index is -1.46. The standard InChI is InChI=1S/C12H24N2OSi/c1-5-16(6-2,7-3)15-11(4)10-12-13-8-9-14-12/h8-9,11H,5-7,10H2,1-4H3,(H,13,14). The molecule has 0 aromatic carbocycles. The fourth-order valence-electron chi connectivity index (χ4n) is 2.15. The number of aromatic amines is 1. The van der Waals surface area contributed by atoms with Gasteiger partial charge in [-0.3, -0.25) is 0 Å². The van der Waals surface area contributed by atoms with Gasteiger partial charge in [0.05, 0.1) is 0 Å². The molecule has 0 amide bonds. The fourth-order valence-corrected chi connectivity index (χ4v) is 5.09. The van der Waals surface area contributed by atoms with Gasteiger partial charge in [-0.15, -0.1) is 0 Å². The summed E-state index contributed by atoms with van der Waals surface area (Å²) in [6.07, 6.45) is 4.83. The van der Waals surface area contributed by atoms with Crippen molar-refractivity contribution < 1.29 is 4.43 Å². The van der Waals surface area contributed by atoms with Gasteiger partial charge in [-0.2, -0.15) is 0 Å². The van der Waals surface area contributed by atoms with Gasteiger partial charge in [-0.25, -0.2) is 4.98 Å². The Morgan fingerprint density at radius 2 is 1.94 bits per heavy atom. The lowest BCUT2D eigenvalue weighted by molar-refractivity contribution is 0.204. The topological polar surface area (TPSA) is 37.9 Å². The molecule has 1 unspecified atom stereocenters. The predicted molar refractivity (Wildman–Crippen MR) is 70.0 cm³/mol. The summed E-state index contributed by atoms with van der Waals surface area (Å²) in [4.78, 5) is 7.38. The molecule has 1 aromatic rings. The summed E-state index contributed by atoms with van der Waals surface area (Å²) in [5.41, 5.74) is 0. The van der Waals surface area contributed by atoms with Gasteiger partial charge in [0, 0.05) is 24.9 Å². The van der Waals surface area contributed by atoms with Crippen LogP contribution in [0.5, 0.6) is 0 Å². The second kappa shape index (κ2) is 6.20. The molecule has 0 aliphatic rings. The van der Waals surface area contributed by atoms with Gasteiger partial charge >= 0.3 is 0 Å². The largest absolute Gasteiger partial charge is 0.414 e. The SMILES string of the molecule is CC[Si](CC)(CC)OC(C)Cc1ncc[nH]1. The van der Waals surface area contributed by atoms with Crippen LogP contribution in [0.3, 0.4) is 0 Å². The van der Waals surface area contributed by atoms with Gasteiger partial charge in [0.25, 0.3) is 0 Å². The summed E-state index contributed by atoms with van der Waals surface area (Å²) in [5, 5.41) is 0. The number of hydrogen-bond acceptors (Lipinski definition) is 2. The summed E-state index contributed by atoms with van der Waals surface area (Å²) in [7, 11) is -1.46. The minimum absolute atomic E-state index is 0.276. The maximum Gasteiger partial charge on any atom is 0.192 e. The number of H-pyrrole nitrogens is 1. The smallest absolute Gasteiger partial charge is 0.192 e. The average Bonchev–Trinajstić information content (AvgIpc) is 2.79. The molecule has 92 valence electrons. The number of nitrogens with zero attached hydrogens (tertiary/aromatic N) is 1. The van der Waals surface area contributed by atoms with Crippen molar-refractivity contribution in [2.24, 2.45) is 0 Å². The van der Waals surface area contributed by atoms with Crippen LogP contribution in [0.4, 0.5) is 0 Å². The Balaban J connectivity index is 2.51. The molecule has 1 aromatic heterocycles. The molecule has 0 spiro atoms. The van der Waals surface area contributed by atoms with E-state index in [1.807, 2.05) is 6.20 Å². The Labute approximate surface area is 99.8 Å². The van der Waals surface area contributed by atoms with E-state index in [9.17, 15) is 0 Å². The molecule has 4 heteroatoms. The van der Waals surface area contributed by atoms with Gasteiger partial charge in [0.1, 0.15) is 5.82 Å². The van der Waals surface area contributed by atoms with Crippen molar-refractivity contribution in [1.82, 2.24) is 9.97 Å². The number of hydrogen-bond donors (Lipinski definition) is 1. The molecule has 0 aliphatic heterocycles. The molecule has 0 bridgehead atoms. The molecule has 0 fully saturated rings. The molecule has 1 heterocycles. The monoisotopic (exact) mass is 240 g/mol. The van der Waals surface area contributed by atoms with E-state index in [0.29, 0.717) is 0 Å². The lowest BCUT2D eigenvalue weighted by Crippen LogP contribution is -2.39. The first-order valence-electron chi connectivity index (χ1n) is 6.31. The first-order chi connectivity index (χ1) is 7.65. The zero-order valence-corrected chi connectivity index (χ0v) is 11.9. The van der Waals surface area contributed by atoms with Crippen molar-refractivity contribution in [2.45, 2.75) is 58.4 Å². The lowest BCUT2D eigenvalue weighted by Gasteiger charge is -2.31. The summed E-state index contributed by atoms with van der Waals surface area (Å²) >= 11 is 0. The van der Waals surface area contributed by atoms with E-state index < -0.39 is 8.32 Å². The number of aromatic nitrogens is 2. The van der Waals surface area contributed by atoms with E-state index in [2.05, 4.69) is 37.7 Å². The van der Waals surface area contributed by atoms with Crippen molar-refractivity contribution in [3.8, 4) is 0 Å². The van der Waals surface area contributed by atoms with Gasteiger partial charge in [-0.05, 0) is 25.1 Å². The van der Waals surface area contributed by atoms with E-state index >= 15 is 0 Å². The zero-order valence-electron chi connectivity index (χ0n) is 10.9. The number of nitrogens with one attached hydrogen (secondary N) is 1. The molecule has 1 N–H and O–H groups in total. The van der Waals surface area contributed by atoms with Crippen LogP contribution in [-0.4, -0.2) is 24.4 Å². The Morgan fingerprint density at radius 1 is 1.31 bits per heavy atom. The zero-order chi connectivity index (χ0) is 12.0. The first-order valence-corrected chi connectivity index (χ1v) is 8.84. The maximum absolute atomic E-state index is 6.34. The Bertz CT molecular complexity index is 275. The van der Waals surface area contributed by atoms with Crippen LogP contribution in [-0.2, 0) is 10.8 Å². The van der Waals surface area contributed by atoms with Crippen LogP contribution in [0.15, 0.2) is 12.4 Å². The van der Waals surface area contributed by atoms with Gasteiger partial charge in [-0.1, -0.05) is 20.8 Å². The molecular weight excluding hydrogens is 216 g/mol. The maximum atomic E-state index is 6.34. The molecule has 0 aliphatic carbocycles. The molecule has 1 rings (SSSR count). The third-order valence-electron chi connectivity index (χ3n) is 3.42. The van der Waals surface area contributed by atoms with Crippen LogP contribution < -0.4 is 0 Å². The number of rotatable bonds is 7. The van der Waals surface area contributed by atoms with E-state index in [4.69, 9.17) is 4.43 Å². The molecule has 16 heavy (non-hydrogen) atoms. The summed E-state index contributed by atoms with van der Waals surface area (Å²) in [6, 6.07) is 3.63. The summed E-state index contributed by atoms with van der Waals surface area (Å²) in [5.74, 6) is 1.03. The second-order valence-electron chi connectivity index (χ2n) is 4.41. The molecule has 3 nitrogen and oxygen atoms in total. The first kappa shape index (κ1) is 13.5. The normalized spacial score (nSPS) is 14.0. The third-order valence-corrected chi connectivity index (χ3v) is 8.19. The van der Waals surface area contributed by atoms with Gasteiger partial charge in [0.2, 0.25) is 0 Å². The quantitative estimate of drug-likeness (QED) is 0.742. The molecule has 0 saturated carbocycles. The average molecular weight is 240 g/mol. The Morgan fingerprint density at radius 3 is 2.38 bits per heavy atom. The van der Waals surface area contributed by atoms with Crippen molar-refractivity contribution in [3.05, 3.63) is 18.2 Å². The van der Waals surface area contributed by atoms with Crippen LogP contribution in [0, 0.1) is 0 Å². The van der Waals surface area contributed by atoms with Crippen LogP contribution in [0.1, 0.15) is 33.5 Å². The summed E-state index contributed by atoms with van der Waals surface area (Å²) < 4.78 is 6.34. The molecule has 0 radical (unpaired) electrons. The molecule has 0 saturated heterocycles. The highest BCUT2D eigenvalue weighted by Crippen LogP contribution is 2.23. The van der Waals surface area contributed by atoms with E-state index in [0.717, 1.165) is 12.2 Å². The van der Waals surface area contributed by atoms with E-state index in [-0.39, 0.29) is 6.10 Å². The van der Waals surface area contributed by atoms with E-state index in [1.54, 1.807) is 6.20 Å². The number of imidazole rings is 1. The van der Waals surface area contributed by atoms with Crippen LogP contribution in [0.25, 0.3) is 0 Å². The minimum Gasteiger partial charge on any atom is -0.414 e. The second-order valence-corrected chi connectivity index (χ2v) is 9.14. The van der Waals surface area contributed by atoms with Gasteiger partial charge < -0.3 is 9.41 Å². The lowest BCUT2D eigenvalue weighted by atomic mass is 10.3. The van der Waals surface area contributed by atoms with Crippen LogP contribution in [0.2, 0.25) is 18.1 Å². The summed E-state index contributed by atoms with van der Waals surface area (Å²) in [6.45, 7) is 8.95. The highest BCUT2D eigenvalue weighted by Gasteiger charge is 2.30. The van der Waals surface area contributed by atoms with Crippen molar-refractivity contribution in [3.63, 3.8) is 0 Å². The Kier molecular flexibility index (Phi) is 5.22. The van der Waals surface area contributed by atoms with Crippen LogP contribution >= 0.6 is 0 Å². The fraction of sp³-hybridized carbons (Fsp3) is 0.750. The van der Waals surface area contributed by atoms with Crippen molar-refractivity contribution in [2.75, 3.05) is 0 Å².